The van der Waals surface area contributed by atoms with Gasteiger partial charge in [0.2, 0.25) is 0 Å². The minimum absolute atomic E-state index is 0.188. The smallest absolute Gasteiger partial charge is 0.303 e. The van der Waals surface area contributed by atoms with E-state index in [1.165, 1.54) is 19.9 Å². The molecular formula is C33H52O9. The molecular weight excluding hydrogens is 540 g/mol. The summed E-state index contributed by atoms with van der Waals surface area (Å²) in [6.45, 7) is 12.9. The van der Waals surface area contributed by atoms with Gasteiger partial charge in [0, 0.05) is 20.3 Å². The highest BCUT2D eigenvalue weighted by Gasteiger charge is 2.77. The van der Waals surface area contributed by atoms with Crippen molar-refractivity contribution in [3.63, 3.8) is 0 Å². The van der Waals surface area contributed by atoms with Gasteiger partial charge in [-0.3, -0.25) is 9.59 Å². The molecule has 4 aliphatic rings. The summed E-state index contributed by atoms with van der Waals surface area (Å²) < 4.78 is 11.4. The molecule has 4 aliphatic carbocycles. The summed E-state index contributed by atoms with van der Waals surface area (Å²) >= 11 is 0. The van der Waals surface area contributed by atoms with Gasteiger partial charge in [-0.25, -0.2) is 0 Å². The highest BCUT2D eigenvalue weighted by Crippen LogP contribution is 2.69. The van der Waals surface area contributed by atoms with E-state index in [1.807, 2.05) is 0 Å². The van der Waals surface area contributed by atoms with E-state index in [0.717, 1.165) is 12.8 Å². The summed E-state index contributed by atoms with van der Waals surface area (Å²) in [7, 11) is 0. The molecule has 5 N–H and O–H groups in total. The van der Waals surface area contributed by atoms with Crippen LogP contribution in [0.15, 0.2) is 23.8 Å². The monoisotopic (exact) mass is 592 g/mol. The highest BCUT2D eigenvalue weighted by atomic mass is 16.6. The minimum Gasteiger partial charge on any atom is -0.465 e. The SMILES string of the molecule is CC[C@H](C=C[C@@H](C)[C@H]1CC[C@H]2C3=CC(O)C4(O)CC(O)C(O)C[C@]4(COC(C)=O)[C@@]3(O)C(OC(C)=O)C[C@]12C)C(C)C. The molecule has 0 spiro atoms. The zero-order valence-electron chi connectivity index (χ0n) is 26.2. The van der Waals surface area contributed by atoms with Crippen LogP contribution < -0.4 is 0 Å². The summed E-state index contributed by atoms with van der Waals surface area (Å²) in [6, 6.07) is 0. The average molecular weight is 593 g/mol. The standard InChI is InChI=1S/C33H52O9/c1-8-22(18(2)3)10-9-19(4)23-11-12-24-25-13-28(38)32(39)15-27(37)26(36)14-31(32,17-41-20(5)34)33(25,40)29(42-21(6)35)16-30(23,24)7/h9-10,13,18-19,22-24,26-29,36-40H,8,11-12,14-17H2,1-7H3/t19-,22-,23-,24+,26?,27?,28?,29?,30-,31-,32?,33+/m1/s1. The molecule has 0 heterocycles. The number of carbonyl (C=O) groups excluding carboxylic acids is 2. The van der Waals surface area contributed by atoms with Crippen LogP contribution in [0.25, 0.3) is 0 Å². The quantitative estimate of drug-likeness (QED) is 0.211. The van der Waals surface area contributed by atoms with Crippen LogP contribution in [-0.4, -0.2) is 79.7 Å². The molecule has 12 atom stereocenters. The van der Waals surface area contributed by atoms with Crippen molar-refractivity contribution in [1.29, 1.82) is 0 Å². The molecule has 0 bridgehead atoms. The van der Waals surface area contributed by atoms with Crippen LogP contribution in [0.4, 0.5) is 0 Å². The van der Waals surface area contributed by atoms with Crippen molar-refractivity contribution in [3.8, 4) is 0 Å². The molecule has 9 nitrogen and oxygen atoms in total. The maximum Gasteiger partial charge on any atom is 0.303 e. The Morgan fingerprint density at radius 1 is 1.00 bits per heavy atom. The third-order valence-corrected chi connectivity index (χ3v) is 11.7. The molecule has 42 heavy (non-hydrogen) atoms. The van der Waals surface area contributed by atoms with Crippen LogP contribution in [0, 0.1) is 40.4 Å². The third-order valence-electron chi connectivity index (χ3n) is 11.7. The Labute approximate surface area is 250 Å². The van der Waals surface area contributed by atoms with Gasteiger partial charge in [-0.15, -0.1) is 0 Å². The maximum absolute atomic E-state index is 13.0. The third kappa shape index (κ3) is 4.97. The summed E-state index contributed by atoms with van der Waals surface area (Å²) in [5.41, 5.74) is -6.09. The zero-order chi connectivity index (χ0) is 31.4. The van der Waals surface area contributed by atoms with Crippen molar-refractivity contribution >= 4 is 11.9 Å². The van der Waals surface area contributed by atoms with E-state index >= 15 is 0 Å². The molecule has 238 valence electrons. The Kier molecular flexibility index (Phi) is 9.16. The highest BCUT2D eigenvalue weighted by molar-refractivity contribution is 5.67. The van der Waals surface area contributed by atoms with Gasteiger partial charge in [-0.2, -0.15) is 0 Å². The number of ether oxygens (including phenoxy) is 2. The van der Waals surface area contributed by atoms with E-state index in [2.05, 4.69) is 46.8 Å². The largest absolute Gasteiger partial charge is 0.465 e. The Morgan fingerprint density at radius 2 is 1.64 bits per heavy atom. The first-order chi connectivity index (χ1) is 19.5. The van der Waals surface area contributed by atoms with Gasteiger partial charge in [-0.05, 0) is 72.7 Å². The van der Waals surface area contributed by atoms with Crippen molar-refractivity contribution in [2.24, 2.45) is 40.4 Å². The van der Waals surface area contributed by atoms with Gasteiger partial charge in [0.05, 0.1) is 17.6 Å². The van der Waals surface area contributed by atoms with Crippen LogP contribution in [0.1, 0.15) is 87.0 Å². The second kappa shape index (κ2) is 11.6. The molecule has 4 rings (SSSR count). The van der Waals surface area contributed by atoms with E-state index in [9.17, 15) is 35.1 Å². The lowest BCUT2D eigenvalue weighted by Gasteiger charge is -2.67. The van der Waals surface area contributed by atoms with Crippen LogP contribution in [0.3, 0.4) is 0 Å². The summed E-state index contributed by atoms with van der Waals surface area (Å²) in [4.78, 5) is 24.6. The summed E-state index contributed by atoms with van der Waals surface area (Å²) in [5, 5.41) is 58.2. The van der Waals surface area contributed by atoms with Crippen LogP contribution in [-0.2, 0) is 19.1 Å². The second-order valence-electron chi connectivity index (χ2n) is 14.3. The molecule has 9 heteroatoms. The van der Waals surface area contributed by atoms with Crippen molar-refractivity contribution in [2.75, 3.05) is 6.61 Å². The molecule has 0 amide bonds. The molecule has 0 radical (unpaired) electrons. The number of rotatable bonds is 8. The first kappa shape index (κ1) is 33.1. The molecule has 3 saturated carbocycles. The maximum atomic E-state index is 13.0. The predicted octanol–water partition coefficient (Wildman–Crippen LogP) is 3.06. The zero-order valence-corrected chi connectivity index (χ0v) is 26.2. The fraction of sp³-hybridized carbons (Fsp3) is 0.818. The van der Waals surface area contributed by atoms with Gasteiger partial charge in [0.1, 0.15) is 30.0 Å². The van der Waals surface area contributed by atoms with E-state index in [0.29, 0.717) is 23.8 Å². The van der Waals surface area contributed by atoms with Crippen LogP contribution in [0.5, 0.6) is 0 Å². The number of hydrogen-bond acceptors (Lipinski definition) is 9. The van der Waals surface area contributed by atoms with Gasteiger partial charge in [-0.1, -0.05) is 52.8 Å². The lowest BCUT2D eigenvalue weighted by atomic mass is 9.42. The molecule has 0 aromatic heterocycles. The molecule has 0 saturated heterocycles. The normalized spacial score (nSPS) is 44.5. The molecule has 5 unspecified atom stereocenters. The number of fused-ring (bicyclic) bond motifs is 5. The Balaban J connectivity index is 1.86. The van der Waals surface area contributed by atoms with E-state index < -0.39 is 71.4 Å². The fourth-order valence-corrected chi connectivity index (χ4v) is 9.40. The van der Waals surface area contributed by atoms with Gasteiger partial charge >= 0.3 is 11.9 Å². The van der Waals surface area contributed by atoms with Gasteiger partial charge in [0.25, 0.3) is 0 Å². The summed E-state index contributed by atoms with van der Waals surface area (Å²) in [6.07, 6.45) is 2.68. The Hall–Kier alpha value is -1.78. The van der Waals surface area contributed by atoms with E-state index in [4.69, 9.17) is 9.47 Å². The minimum atomic E-state index is -2.18. The lowest BCUT2D eigenvalue weighted by molar-refractivity contribution is -0.313. The number of aliphatic hydroxyl groups is 5. The van der Waals surface area contributed by atoms with Crippen molar-refractivity contribution < 1.29 is 44.6 Å². The number of hydrogen-bond donors (Lipinski definition) is 5. The van der Waals surface area contributed by atoms with Crippen molar-refractivity contribution in [2.45, 2.75) is 123 Å². The lowest BCUT2D eigenvalue weighted by Crippen LogP contribution is -2.80. The van der Waals surface area contributed by atoms with Gasteiger partial charge in [0.15, 0.2) is 0 Å². The molecule has 3 fully saturated rings. The molecule has 0 aliphatic heterocycles. The first-order valence-electron chi connectivity index (χ1n) is 15.7. The molecule has 0 aromatic carbocycles. The Bertz CT molecular complexity index is 1100. The van der Waals surface area contributed by atoms with E-state index in [1.54, 1.807) is 0 Å². The second-order valence-corrected chi connectivity index (χ2v) is 14.3. The van der Waals surface area contributed by atoms with E-state index in [-0.39, 0.29) is 30.6 Å². The number of carbonyl (C=O) groups is 2. The van der Waals surface area contributed by atoms with Crippen LogP contribution in [0.2, 0.25) is 0 Å². The van der Waals surface area contributed by atoms with Crippen molar-refractivity contribution in [3.05, 3.63) is 23.8 Å². The Morgan fingerprint density at radius 3 is 2.21 bits per heavy atom. The fourth-order valence-electron chi connectivity index (χ4n) is 9.40. The van der Waals surface area contributed by atoms with Crippen molar-refractivity contribution in [1.82, 2.24) is 0 Å². The average Bonchev–Trinajstić information content (AvgIpc) is 3.23. The first-order valence-corrected chi connectivity index (χ1v) is 15.7. The van der Waals surface area contributed by atoms with Gasteiger partial charge < -0.3 is 35.0 Å². The number of allylic oxidation sites excluding steroid dienone is 2. The van der Waals surface area contributed by atoms with Crippen LogP contribution >= 0.6 is 0 Å². The molecule has 0 aromatic rings. The summed E-state index contributed by atoms with van der Waals surface area (Å²) in [5.74, 6) is -0.134. The topological polar surface area (TPSA) is 154 Å². The predicted molar refractivity (Wildman–Crippen MR) is 156 cm³/mol. The number of aliphatic hydroxyl groups excluding tert-OH is 3. The number of esters is 2.